The maximum atomic E-state index is 12.9. The molecule has 2 saturated heterocycles. The second-order valence-corrected chi connectivity index (χ2v) is 33.5. The third kappa shape index (κ3) is 16.2. The Morgan fingerprint density at radius 2 is 1.09 bits per heavy atom. The number of nitrogens with one attached hydrogen (secondary N) is 3. The molecule has 0 saturated carbocycles. The highest BCUT2D eigenvalue weighted by Gasteiger charge is 2.52. The van der Waals surface area contributed by atoms with Gasteiger partial charge in [-0.2, -0.15) is 9.97 Å². The van der Waals surface area contributed by atoms with Gasteiger partial charge < -0.3 is 24.1 Å². The molecule has 2 aliphatic rings. The molecule has 81 heavy (non-hydrogen) atoms. The van der Waals surface area contributed by atoms with E-state index in [0.717, 1.165) is 24.0 Å². The third-order valence-corrected chi connectivity index (χ3v) is 24.3. The molecule has 0 bridgehead atoms. The van der Waals surface area contributed by atoms with Crippen LogP contribution in [0.5, 0.6) is 0 Å². The Balaban J connectivity index is 0.000000311. The Kier molecular flexibility index (Phi) is 23.2. The number of imidazole rings is 2. The maximum absolute atomic E-state index is 12.9. The molecule has 6 aromatic rings. The first-order valence-corrected chi connectivity index (χ1v) is 33.2. The van der Waals surface area contributed by atoms with Gasteiger partial charge in [0.05, 0.1) is 24.9 Å². The second kappa shape index (κ2) is 27.8. The van der Waals surface area contributed by atoms with Crippen LogP contribution < -0.4 is 22.2 Å². The lowest BCUT2D eigenvalue weighted by Crippen LogP contribution is -2.48. The summed E-state index contributed by atoms with van der Waals surface area (Å²) in [5, 5.41) is 2.36. The number of nitrogens with zero attached hydrogens (tertiary/aromatic N) is 8. The van der Waals surface area contributed by atoms with E-state index in [0.29, 0.717) is 11.3 Å². The largest absolute Gasteiger partial charge is 0.407 e. The number of carbonyl (C=O) groups is 2. The Labute approximate surface area is 484 Å². The Morgan fingerprint density at radius 1 is 0.704 bits per heavy atom. The van der Waals surface area contributed by atoms with Gasteiger partial charge in [-0.3, -0.25) is 53.6 Å². The topological polar surface area (TPSA) is 261 Å². The molecule has 0 radical (unpaired) electrons. The average Bonchev–Trinajstić information content (AvgIpc) is 4.38. The summed E-state index contributed by atoms with van der Waals surface area (Å²) in [5.74, 6) is -0.443. The number of anilines is 2. The molecule has 8 atom stereocenters. The number of benzene rings is 2. The van der Waals surface area contributed by atoms with Gasteiger partial charge in [-0.1, -0.05) is 159 Å². The number of aromatic amines is 2. The highest BCUT2D eigenvalue weighted by molar-refractivity contribution is 6.74. The second-order valence-electron chi connectivity index (χ2n) is 23.6. The molecule has 23 heteroatoms. The lowest BCUT2D eigenvalue weighted by Gasteiger charge is -2.40. The van der Waals surface area contributed by atoms with Gasteiger partial charge in [0.1, 0.15) is 24.3 Å². The van der Waals surface area contributed by atoms with Gasteiger partial charge >= 0.3 is 0 Å². The average molecular weight is 1170 g/mol. The number of ether oxygens (including phenoxy) is 2. The summed E-state index contributed by atoms with van der Waals surface area (Å²) in [7, 11) is -4.48. The van der Waals surface area contributed by atoms with Gasteiger partial charge in [0, 0.05) is 24.3 Å². The van der Waals surface area contributed by atoms with Crippen molar-refractivity contribution >= 4 is 86.0 Å². The number of aliphatic imine (C=N–C) groups is 2. The molecule has 444 valence electrons. The number of amides is 1. The van der Waals surface area contributed by atoms with Crippen LogP contribution in [-0.4, -0.2) is 116 Å². The predicted molar refractivity (Wildman–Crippen MR) is 332 cm³/mol. The zero-order chi connectivity index (χ0) is 58.4. The molecule has 4 aromatic heterocycles. The Hall–Kier alpha value is -6.02. The van der Waals surface area contributed by atoms with E-state index in [1.807, 2.05) is 73.1 Å². The smallest absolute Gasteiger partial charge is 0.280 e. The molecule has 0 aliphatic carbocycles. The molecule has 6 heterocycles. The summed E-state index contributed by atoms with van der Waals surface area (Å²) in [5.41, 5.74) is 8.09. The van der Waals surface area contributed by atoms with Crippen LogP contribution in [0.25, 0.3) is 22.3 Å². The number of nitrogen functional groups attached to an aromatic ring is 1. The molecular weight excluding hydrogens is 1080 g/mol. The third-order valence-electron chi connectivity index (χ3n) is 14.9. The van der Waals surface area contributed by atoms with E-state index in [4.69, 9.17) is 45.6 Å². The Bertz CT molecular complexity index is 3200. The molecule has 0 spiro atoms. The molecule has 0 unspecified atom stereocenters. The van der Waals surface area contributed by atoms with Crippen molar-refractivity contribution in [2.45, 2.75) is 196 Å². The summed E-state index contributed by atoms with van der Waals surface area (Å²) in [6.45, 7) is 33.2. The minimum atomic E-state index is -2.27. The van der Waals surface area contributed by atoms with Crippen LogP contribution in [0.4, 0.5) is 11.9 Å². The number of rotatable bonds is 15. The summed E-state index contributed by atoms with van der Waals surface area (Å²) < 4.78 is 30.6. The van der Waals surface area contributed by atoms with Crippen LogP contribution in [0.3, 0.4) is 0 Å². The number of nitrogens with two attached hydrogens (primary N) is 1. The monoisotopic (exact) mass is 1170 g/mol. The summed E-state index contributed by atoms with van der Waals surface area (Å²) in [4.78, 5) is 80.1. The van der Waals surface area contributed by atoms with E-state index in [1.54, 1.807) is 49.5 Å². The van der Waals surface area contributed by atoms with E-state index >= 15 is 0 Å². The van der Waals surface area contributed by atoms with E-state index in [9.17, 15) is 19.2 Å². The van der Waals surface area contributed by atoms with Crippen molar-refractivity contribution in [2.75, 3.05) is 11.1 Å². The summed E-state index contributed by atoms with van der Waals surface area (Å²) in [6, 6.07) is 19.4. The van der Waals surface area contributed by atoms with Gasteiger partial charge in [-0.15, -0.1) is 0 Å². The fourth-order valence-electron chi connectivity index (χ4n) is 8.19. The predicted octanol–water partition coefficient (Wildman–Crippen LogP) is 11.5. The normalized spacial score (nSPS) is 21.4. The minimum Gasteiger partial charge on any atom is -0.407 e. The van der Waals surface area contributed by atoms with E-state index in [-0.39, 0.29) is 107 Å². The lowest BCUT2D eigenvalue weighted by molar-refractivity contribution is -0.119. The molecule has 8 rings (SSSR count). The van der Waals surface area contributed by atoms with Gasteiger partial charge in [0.25, 0.3) is 11.1 Å². The van der Waals surface area contributed by atoms with Crippen LogP contribution in [0, 0.1) is 11.8 Å². The number of aromatic nitrogens is 8. The van der Waals surface area contributed by atoms with Gasteiger partial charge in [0.15, 0.2) is 51.4 Å². The van der Waals surface area contributed by atoms with Crippen molar-refractivity contribution in [1.29, 1.82) is 0 Å². The van der Waals surface area contributed by atoms with Crippen LogP contribution in [0.1, 0.15) is 134 Å². The first-order chi connectivity index (χ1) is 37.0. The van der Waals surface area contributed by atoms with Gasteiger partial charge in [0.2, 0.25) is 23.0 Å². The quantitative estimate of drug-likeness (QED) is 0.0424. The number of hydrogen-bond acceptors (Lipinski definition) is 15. The maximum Gasteiger partial charge on any atom is 0.280 e. The fraction of sp³-hybridized carbons (Fsp3) is 0.552. The number of H-pyrrole nitrogens is 2. The number of carbonyl (C=O) groups excluding carboxylic acids is 2. The Morgan fingerprint density at radius 3 is 1.44 bits per heavy atom. The van der Waals surface area contributed by atoms with Crippen molar-refractivity contribution in [3.8, 4) is 0 Å². The molecule has 5 N–H and O–H groups in total. The summed E-state index contributed by atoms with van der Waals surface area (Å²) >= 11 is 4.97. The highest BCUT2D eigenvalue weighted by Crippen LogP contribution is 2.45. The van der Waals surface area contributed by atoms with Crippen molar-refractivity contribution in [3.05, 3.63) is 105 Å². The van der Waals surface area contributed by atoms with Crippen molar-refractivity contribution < 1.29 is 27.9 Å². The van der Waals surface area contributed by atoms with Crippen LogP contribution >= 0.6 is 11.6 Å². The van der Waals surface area contributed by atoms with E-state index in [1.165, 1.54) is 0 Å². The van der Waals surface area contributed by atoms with Crippen molar-refractivity contribution in [1.82, 2.24) is 39.0 Å². The standard InChI is InChI=1S/C28H40N6O4Si.C24H34N6O3Si.C4H7ClO.2CH4/c1-9-19-20(29-15-18-13-11-10-12-14-18)22(38-39(7,8)28(4,5)6)26(37-19)34-16-30-21-23(34)31-27(33-25(21)36)32-24(35)17(2)3;1-7-16-17(26-13-15-11-9-8-10-12-15)19(33-34(5,6)24(2,3)4)22(32-16)30-14-27-18-20(30)28-23(25)29-21(18)31;1-3(2)4(5)6;;/h10-17,19-20,22,26H,9H2,1-8H3,(H2,31,32,33,35,36);8-14,16-17,19,22H,7H2,1-6H3,(H3,25,28,29,31);3H,1-2H3;2*1H4/t19-,20-,22-,26-;16-,17-,19-,22-;;;/m11.../s1. The zero-order valence-corrected chi connectivity index (χ0v) is 51.3. The van der Waals surface area contributed by atoms with Crippen LogP contribution in [-0.2, 0) is 27.9 Å². The van der Waals surface area contributed by atoms with Gasteiger partial charge in [-0.05, 0) is 71.8 Å². The first-order valence-electron chi connectivity index (χ1n) is 27.0. The van der Waals surface area contributed by atoms with Crippen molar-refractivity contribution in [3.63, 3.8) is 0 Å². The lowest BCUT2D eigenvalue weighted by atomic mass is 10.1. The zero-order valence-electron chi connectivity index (χ0n) is 48.6. The molecule has 2 aliphatic heterocycles. The fourth-order valence-corrected chi connectivity index (χ4v) is 10.8. The number of halogens is 1. The van der Waals surface area contributed by atoms with Gasteiger partial charge in [-0.25, -0.2) is 9.97 Å². The van der Waals surface area contributed by atoms with Crippen LogP contribution in [0.2, 0.25) is 36.3 Å². The molecule has 20 nitrogen and oxygen atoms in total. The highest BCUT2D eigenvalue weighted by atomic mass is 35.5. The van der Waals surface area contributed by atoms with E-state index < -0.39 is 40.8 Å². The van der Waals surface area contributed by atoms with Crippen molar-refractivity contribution in [2.24, 2.45) is 21.8 Å². The molecule has 2 aromatic carbocycles. The van der Waals surface area contributed by atoms with E-state index in [2.05, 4.69) is 117 Å². The SMILES string of the molecule is C.C.CC(C)C(=O)Cl.CC[C@H]1O[C@@H](n2cnc3c(=O)[nH]c(N)nc32)[C@H](O[Si](C)(C)C(C)(C)C)[C@@H]1N=Cc1ccccc1.CC[C@H]1O[C@@H](n2cnc3c(=O)[nH]c(NC(=O)C(C)C)nc32)[C@H](O[Si](C)(C)C(C)(C)C)[C@@H]1N=Cc1ccccc1. The molecular formula is C58H89ClN12O8Si2. The number of hydrogen-bond donors (Lipinski definition) is 4. The van der Waals surface area contributed by atoms with Crippen LogP contribution in [0.15, 0.2) is 92.9 Å². The first kappa shape index (κ1) is 67.5. The number of fused-ring (bicyclic) bond motifs is 2. The summed E-state index contributed by atoms with van der Waals surface area (Å²) in [6.07, 6.45) is 6.00. The molecule has 2 fully saturated rings. The minimum absolute atomic E-state index is 0. The molecule has 1 amide bonds.